The number of ketones is 1. The number of nitrogens with one attached hydrogen (secondary N) is 1. The van der Waals surface area contributed by atoms with Crippen molar-refractivity contribution in [3.8, 4) is 0 Å². The van der Waals surface area contributed by atoms with Crippen LogP contribution in [0, 0.1) is 5.92 Å². The SMILES string of the molecule is CC1C(=O)C(=O)N(CCCn2ccnc2)C1c1ccn[nH]1. The first-order valence-corrected chi connectivity index (χ1v) is 6.98. The number of aromatic amines is 1. The summed E-state index contributed by atoms with van der Waals surface area (Å²) in [7, 11) is 0. The Morgan fingerprint density at radius 3 is 2.81 bits per heavy atom. The van der Waals surface area contributed by atoms with Gasteiger partial charge in [-0.25, -0.2) is 4.98 Å². The predicted molar refractivity (Wildman–Crippen MR) is 74.1 cm³/mol. The van der Waals surface area contributed by atoms with Gasteiger partial charge in [0.05, 0.1) is 24.0 Å². The molecule has 1 saturated heterocycles. The number of imidazole rings is 1. The summed E-state index contributed by atoms with van der Waals surface area (Å²) in [5, 5.41) is 6.79. The van der Waals surface area contributed by atoms with Crippen LogP contribution in [0.3, 0.4) is 0 Å². The van der Waals surface area contributed by atoms with Gasteiger partial charge in [0.15, 0.2) is 0 Å². The lowest BCUT2D eigenvalue weighted by Gasteiger charge is -2.24. The normalized spacial score (nSPS) is 22.2. The number of nitrogens with zero attached hydrogens (tertiary/aromatic N) is 4. The van der Waals surface area contributed by atoms with E-state index in [1.54, 1.807) is 30.5 Å². The molecule has 2 aromatic rings. The van der Waals surface area contributed by atoms with Crippen molar-refractivity contribution in [1.29, 1.82) is 0 Å². The van der Waals surface area contributed by atoms with E-state index in [2.05, 4.69) is 15.2 Å². The second kappa shape index (κ2) is 5.51. The minimum Gasteiger partial charge on any atom is -0.337 e. The Bertz CT molecular complexity index is 620. The fourth-order valence-corrected chi connectivity index (χ4v) is 2.83. The van der Waals surface area contributed by atoms with E-state index >= 15 is 0 Å². The molecule has 1 N–H and O–H groups in total. The van der Waals surface area contributed by atoms with Gasteiger partial charge in [-0.15, -0.1) is 0 Å². The molecule has 0 aliphatic carbocycles. The highest BCUT2D eigenvalue weighted by molar-refractivity contribution is 6.39. The lowest BCUT2D eigenvalue weighted by Crippen LogP contribution is -2.31. The van der Waals surface area contributed by atoms with Crippen molar-refractivity contribution in [3.05, 3.63) is 36.7 Å². The molecule has 1 amide bonds. The molecule has 1 aliphatic heterocycles. The number of carbonyl (C=O) groups is 2. The zero-order chi connectivity index (χ0) is 14.8. The summed E-state index contributed by atoms with van der Waals surface area (Å²) in [4.78, 5) is 29.7. The highest BCUT2D eigenvalue weighted by Gasteiger charge is 2.45. The lowest BCUT2D eigenvalue weighted by molar-refractivity contribution is -0.141. The van der Waals surface area contributed by atoms with Gasteiger partial charge in [0.25, 0.3) is 5.91 Å². The summed E-state index contributed by atoms with van der Waals surface area (Å²) in [6.45, 7) is 3.10. The second-order valence-corrected chi connectivity index (χ2v) is 5.26. The third-order valence-electron chi connectivity index (χ3n) is 3.91. The summed E-state index contributed by atoms with van der Waals surface area (Å²) in [6.07, 6.45) is 7.75. The van der Waals surface area contributed by atoms with Crippen molar-refractivity contribution < 1.29 is 9.59 Å². The molecule has 7 heteroatoms. The van der Waals surface area contributed by atoms with Gasteiger partial charge < -0.3 is 9.47 Å². The average molecular weight is 287 g/mol. The van der Waals surface area contributed by atoms with Crippen molar-refractivity contribution in [2.75, 3.05) is 6.54 Å². The van der Waals surface area contributed by atoms with Gasteiger partial charge in [0, 0.05) is 31.7 Å². The van der Waals surface area contributed by atoms with E-state index in [0.717, 1.165) is 18.7 Å². The molecule has 21 heavy (non-hydrogen) atoms. The third-order valence-corrected chi connectivity index (χ3v) is 3.91. The Balaban J connectivity index is 1.71. The number of rotatable bonds is 5. The van der Waals surface area contributed by atoms with Crippen LogP contribution in [0.2, 0.25) is 0 Å². The summed E-state index contributed by atoms with van der Waals surface area (Å²) in [6, 6.07) is 1.57. The molecule has 110 valence electrons. The summed E-state index contributed by atoms with van der Waals surface area (Å²) < 4.78 is 1.96. The standard InChI is InChI=1S/C14H17N5O2/c1-10-12(11-3-4-16-17-11)19(14(21)13(10)20)7-2-6-18-8-5-15-9-18/h3-5,8-10,12H,2,6-7H2,1H3,(H,16,17). The summed E-state index contributed by atoms with van der Waals surface area (Å²) in [5.74, 6) is -1.06. The molecular formula is C14H17N5O2. The van der Waals surface area contributed by atoms with Crippen molar-refractivity contribution in [1.82, 2.24) is 24.6 Å². The van der Waals surface area contributed by atoms with Gasteiger partial charge in [-0.1, -0.05) is 6.92 Å². The van der Waals surface area contributed by atoms with Gasteiger partial charge in [-0.05, 0) is 12.5 Å². The lowest BCUT2D eigenvalue weighted by atomic mass is 9.99. The molecule has 0 saturated carbocycles. The summed E-state index contributed by atoms with van der Waals surface area (Å²) in [5.41, 5.74) is 0.810. The van der Waals surface area contributed by atoms with Crippen molar-refractivity contribution >= 4 is 11.7 Å². The molecule has 2 atom stereocenters. The van der Waals surface area contributed by atoms with Gasteiger partial charge in [0.1, 0.15) is 0 Å². The molecule has 0 radical (unpaired) electrons. The number of hydrogen-bond acceptors (Lipinski definition) is 4. The van der Waals surface area contributed by atoms with E-state index in [1.165, 1.54) is 0 Å². The second-order valence-electron chi connectivity index (χ2n) is 5.26. The smallest absolute Gasteiger partial charge is 0.290 e. The highest BCUT2D eigenvalue weighted by Crippen LogP contribution is 2.34. The van der Waals surface area contributed by atoms with E-state index in [0.29, 0.717) is 6.54 Å². The molecule has 0 spiro atoms. The Morgan fingerprint density at radius 1 is 1.29 bits per heavy atom. The molecule has 2 aromatic heterocycles. The Kier molecular flexibility index (Phi) is 3.55. The van der Waals surface area contributed by atoms with Crippen molar-refractivity contribution in [2.24, 2.45) is 5.92 Å². The molecule has 1 aliphatic rings. The van der Waals surface area contributed by atoms with Crippen molar-refractivity contribution in [3.63, 3.8) is 0 Å². The first-order chi connectivity index (χ1) is 10.2. The molecule has 3 heterocycles. The predicted octanol–water partition coefficient (Wildman–Crippen LogP) is 0.785. The maximum absolute atomic E-state index is 12.1. The number of H-pyrrole nitrogens is 1. The topological polar surface area (TPSA) is 83.9 Å². The fourth-order valence-electron chi connectivity index (χ4n) is 2.83. The molecule has 0 aromatic carbocycles. The Morgan fingerprint density at radius 2 is 2.14 bits per heavy atom. The van der Waals surface area contributed by atoms with Crippen LogP contribution in [0.15, 0.2) is 31.0 Å². The molecule has 1 fully saturated rings. The van der Waals surface area contributed by atoms with Crippen LogP contribution in [0.5, 0.6) is 0 Å². The van der Waals surface area contributed by atoms with E-state index in [-0.39, 0.29) is 17.7 Å². The van der Waals surface area contributed by atoms with Gasteiger partial charge >= 0.3 is 0 Å². The number of aryl methyl sites for hydroxylation is 1. The highest BCUT2D eigenvalue weighted by atomic mass is 16.2. The van der Waals surface area contributed by atoms with Gasteiger partial charge in [-0.3, -0.25) is 14.7 Å². The zero-order valence-corrected chi connectivity index (χ0v) is 11.8. The third kappa shape index (κ3) is 2.46. The minimum atomic E-state index is -0.396. The van der Waals surface area contributed by atoms with Crippen LogP contribution in [0.1, 0.15) is 25.1 Å². The minimum absolute atomic E-state index is 0.240. The van der Waals surface area contributed by atoms with E-state index in [4.69, 9.17) is 0 Å². The van der Waals surface area contributed by atoms with E-state index in [1.807, 2.05) is 16.8 Å². The Hall–Kier alpha value is -2.44. The van der Waals surface area contributed by atoms with Crippen LogP contribution in [0.25, 0.3) is 0 Å². The first-order valence-electron chi connectivity index (χ1n) is 6.98. The number of likely N-dealkylation sites (tertiary alicyclic amines) is 1. The number of hydrogen-bond donors (Lipinski definition) is 1. The maximum atomic E-state index is 12.1. The summed E-state index contributed by atoms with van der Waals surface area (Å²) >= 11 is 0. The quantitative estimate of drug-likeness (QED) is 0.824. The molecule has 3 rings (SSSR count). The van der Waals surface area contributed by atoms with Crippen molar-refractivity contribution in [2.45, 2.75) is 25.9 Å². The Labute approximate surface area is 122 Å². The van der Waals surface area contributed by atoms with E-state index in [9.17, 15) is 9.59 Å². The molecule has 2 unspecified atom stereocenters. The monoisotopic (exact) mass is 287 g/mol. The van der Waals surface area contributed by atoms with Crippen LogP contribution in [-0.2, 0) is 16.1 Å². The van der Waals surface area contributed by atoms with Crippen LogP contribution < -0.4 is 0 Å². The number of aromatic nitrogens is 4. The average Bonchev–Trinajstić information content (AvgIpc) is 3.20. The largest absolute Gasteiger partial charge is 0.337 e. The number of Topliss-reactive ketones (excluding diaryl/α,β-unsaturated/α-hetero) is 1. The number of carbonyl (C=O) groups excluding carboxylic acids is 2. The van der Waals surface area contributed by atoms with Crippen LogP contribution >= 0.6 is 0 Å². The molecule has 7 nitrogen and oxygen atoms in total. The molecule has 0 bridgehead atoms. The fraction of sp³-hybridized carbons (Fsp3) is 0.429. The number of amides is 1. The first kappa shape index (κ1) is 13.5. The van der Waals surface area contributed by atoms with Crippen LogP contribution in [-0.4, -0.2) is 42.9 Å². The van der Waals surface area contributed by atoms with E-state index < -0.39 is 5.91 Å². The zero-order valence-electron chi connectivity index (χ0n) is 11.8. The maximum Gasteiger partial charge on any atom is 0.290 e. The van der Waals surface area contributed by atoms with Crippen LogP contribution in [0.4, 0.5) is 0 Å². The van der Waals surface area contributed by atoms with Gasteiger partial charge in [0.2, 0.25) is 5.78 Å². The molecular weight excluding hydrogens is 270 g/mol. The van der Waals surface area contributed by atoms with Gasteiger partial charge in [-0.2, -0.15) is 5.10 Å².